The summed E-state index contributed by atoms with van der Waals surface area (Å²) in [5, 5.41) is 4.29. The second kappa shape index (κ2) is 10.2. The molecule has 0 unspecified atom stereocenters. The predicted octanol–water partition coefficient (Wildman–Crippen LogP) is 5.29. The zero-order valence-corrected chi connectivity index (χ0v) is 20.7. The van der Waals surface area contributed by atoms with Gasteiger partial charge in [-0.15, -0.1) is 0 Å². The monoisotopic (exact) mass is 505 g/mol. The fraction of sp³-hybridized carbons (Fsp3) is 0.138. The van der Waals surface area contributed by atoms with Gasteiger partial charge in [-0.25, -0.2) is 24.3 Å². The number of nitrogens with zero attached hydrogens (tertiary/aromatic N) is 6. The predicted molar refractivity (Wildman–Crippen MR) is 145 cm³/mol. The number of hydrogen-bond donors (Lipinski definition) is 1. The van der Waals surface area contributed by atoms with Crippen molar-refractivity contribution in [1.82, 2.24) is 29.5 Å². The second-order valence-electron chi connectivity index (χ2n) is 8.84. The highest BCUT2D eigenvalue weighted by Gasteiger charge is 2.13. The summed E-state index contributed by atoms with van der Waals surface area (Å²) in [6.45, 7) is 1.22. The molecule has 0 saturated heterocycles. The number of nitrogens with one attached hydrogen (secondary N) is 1. The fourth-order valence-electron chi connectivity index (χ4n) is 4.47. The van der Waals surface area contributed by atoms with E-state index in [1.165, 1.54) is 12.1 Å². The Morgan fingerprint density at radius 2 is 1.84 bits per heavy atom. The van der Waals surface area contributed by atoms with Crippen molar-refractivity contribution in [1.29, 1.82) is 0 Å². The van der Waals surface area contributed by atoms with Crippen molar-refractivity contribution >= 4 is 27.9 Å². The number of fused-ring (bicyclic) bond motifs is 2. The van der Waals surface area contributed by atoms with Crippen LogP contribution in [0.4, 0.5) is 10.2 Å². The highest BCUT2D eigenvalue weighted by atomic mass is 19.1. The van der Waals surface area contributed by atoms with Crippen molar-refractivity contribution in [3.05, 3.63) is 103 Å². The molecule has 0 aliphatic heterocycles. The standard InChI is InChI=1S/C29H24FN7O/c1-38-23-9-5-19(6-10-23)16-37-18-35-27-28(33-17-34-29(27)37)32-13-11-21-14-20-7-8-22(30)15-25(20)36-26(21)24-4-2-3-12-31-24/h2-10,12,14-15,17-18H,11,13,16H2,1H3,(H,32,33,34). The van der Waals surface area contributed by atoms with E-state index in [4.69, 9.17) is 9.72 Å². The van der Waals surface area contributed by atoms with Crippen LogP contribution in [0.25, 0.3) is 33.5 Å². The van der Waals surface area contributed by atoms with Crippen LogP contribution in [0.1, 0.15) is 11.1 Å². The van der Waals surface area contributed by atoms with Gasteiger partial charge >= 0.3 is 0 Å². The van der Waals surface area contributed by atoms with Crippen LogP contribution in [0.2, 0.25) is 0 Å². The Bertz CT molecular complexity index is 1720. The molecule has 0 amide bonds. The lowest BCUT2D eigenvalue weighted by atomic mass is 10.0. The fourth-order valence-corrected chi connectivity index (χ4v) is 4.47. The van der Waals surface area contributed by atoms with Gasteiger partial charge in [0.1, 0.15) is 23.4 Å². The minimum atomic E-state index is -0.314. The lowest BCUT2D eigenvalue weighted by Gasteiger charge is -2.12. The zero-order valence-electron chi connectivity index (χ0n) is 20.7. The summed E-state index contributed by atoms with van der Waals surface area (Å²) in [4.78, 5) is 22.7. The SMILES string of the molecule is COc1ccc(Cn2cnc3c(NCCc4cc5ccc(F)cc5nc4-c4ccccn4)ncnc32)cc1. The average Bonchev–Trinajstić information content (AvgIpc) is 3.37. The molecule has 4 aromatic heterocycles. The Balaban J connectivity index is 1.24. The number of benzene rings is 2. The quantitative estimate of drug-likeness (QED) is 0.301. The number of halogens is 1. The van der Waals surface area contributed by atoms with Crippen LogP contribution in [-0.4, -0.2) is 43.1 Å². The van der Waals surface area contributed by atoms with Crippen molar-refractivity contribution in [3.63, 3.8) is 0 Å². The van der Waals surface area contributed by atoms with Gasteiger partial charge in [0.25, 0.3) is 0 Å². The lowest BCUT2D eigenvalue weighted by molar-refractivity contribution is 0.414. The van der Waals surface area contributed by atoms with Gasteiger partial charge in [0.2, 0.25) is 0 Å². The largest absolute Gasteiger partial charge is 0.497 e. The molecule has 4 heterocycles. The first kappa shape index (κ1) is 23.5. The summed E-state index contributed by atoms with van der Waals surface area (Å²) in [6.07, 6.45) is 5.71. The van der Waals surface area contributed by atoms with Gasteiger partial charge in [-0.05, 0) is 60.0 Å². The zero-order chi connectivity index (χ0) is 25.9. The van der Waals surface area contributed by atoms with Crippen molar-refractivity contribution in [2.24, 2.45) is 0 Å². The van der Waals surface area contributed by atoms with Crippen molar-refractivity contribution in [3.8, 4) is 17.1 Å². The Labute approximate surface area is 218 Å². The number of ether oxygens (including phenoxy) is 1. The maximum absolute atomic E-state index is 13.9. The summed E-state index contributed by atoms with van der Waals surface area (Å²) in [5.41, 5.74) is 5.66. The van der Waals surface area contributed by atoms with Gasteiger partial charge in [-0.2, -0.15) is 0 Å². The van der Waals surface area contributed by atoms with E-state index in [9.17, 15) is 4.39 Å². The third-order valence-electron chi connectivity index (χ3n) is 6.37. The maximum atomic E-state index is 13.9. The summed E-state index contributed by atoms with van der Waals surface area (Å²) < 4.78 is 21.1. The van der Waals surface area contributed by atoms with Gasteiger partial charge in [-0.3, -0.25) is 4.98 Å². The Morgan fingerprint density at radius 1 is 0.947 bits per heavy atom. The van der Waals surface area contributed by atoms with Crippen molar-refractivity contribution in [2.45, 2.75) is 13.0 Å². The van der Waals surface area contributed by atoms with Crippen LogP contribution in [0.5, 0.6) is 5.75 Å². The van der Waals surface area contributed by atoms with Gasteiger partial charge in [0.05, 0.1) is 36.9 Å². The Hall–Kier alpha value is -4.92. The van der Waals surface area contributed by atoms with Crippen LogP contribution in [-0.2, 0) is 13.0 Å². The van der Waals surface area contributed by atoms with Crippen LogP contribution < -0.4 is 10.1 Å². The molecule has 0 aliphatic rings. The molecule has 188 valence electrons. The first-order chi connectivity index (χ1) is 18.7. The van der Waals surface area contributed by atoms with Crippen LogP contribution in [0, 0.1) is 5.82 Å². The summed E-state index contributed by atoms with van der Waals surface area (Å²) in [5.74, 6) is 1.17. The van der Waals surface area contributed by atoms with E-state index in [1.54, 1.807) is 32.0 Å². The molecule has 1 N–H and O–H groups in total. The lowest BCUT2D eigenvalue weighted by Crippen LogP contribution is -2.09. The van der Waals surface area contributed by atoms with Crippen LogP contribution in [0.3, 0.4) is 0 Å². The number of hydrogen-bond acceptors (Lipinski definition) is 7. The number of methoxy groups -OCH3 is 1. The molecule has 0 atom stereocenters. The van der Waals surface area contributed by atoms with E-state index in [-0.39, 0.29) is 5.82 Å². The summed E-state index contributed by atoms with van der Waals surface area (Å²) in [7, 11) is 1.65. The molecule has 6 aromatic rings. The molecule has 6 rings (SSSR count). The molecular weight excluding hydrogens is 481 g/mol. The third-order valence-corrected chi connectivity index (χ3v) is 6.37. The van der Waals surface area contributed by atoms with E-state index < -0.39 is 0 Å². The van der Waals surface area contributed by atoms with Gasteiger partial charge in [-0.1, -0.05) is 18.2 Å². The Kier molecular flexibility index (Phi) is 6.31. The minimum Gasteiger partial charge on any atom is -0.497 e. The molecule has 0 aliphatic carbocycles. The molecule has 9 heteroatoms. The number of pyridine rings is 2. The van der Waals surface area contributed by atoms with Crippen LogP contribution >= 0.6 is 0 Å². The van der Waals surface area contributed by atoms with Crippen LogP contribution in [0.15, 0.2) is 85.6 Å². The average molecular weight is 506 g/mol. The van der Waals surface area contributed by atoms with Crippen molar-refractivity contribution < 1.29 is 9.13 Å². The summed E-state index contributed by atoms with van der Waals surface area (Å²) >= 11 is 0. The normalized spacial score (nSPS) is 11.2. The molecule has 2 aromatic carbocycles. The van der Waals surface area contributed by atoms with E-state index >= 15 is 0 Å². The third kappa shape index (κ3) is 4.73. The Morgan fingerprint density at radius 3 is 2.66 bits per heavy atom. The van der Waals surface area contributed by atoms with Gasteiger partial charge < -0.3 is 14.6 Å². The molecule has 38 heavy (non-hydrogen) atoms. The number of aromatic nitrogens is 6. The molecule has 0 radical (unpaired) electrons. The molecular formula is C29H24FN7O. The smallest absolute Gasteiger partial charge is 0.165 e. The molecule has 8 nitrogen and oxygen atoms in total. The van der Waals surface area contributed by atoms with E-state index in [2.05, 4.69) is 25.3 Å². The molecule has 0 saturated carbocycles. The number of rotatable bonds is 8. The maximum Gasteiger partial charge on any atom is 0.165 e. The topological polar surface area (TPSA) is 90.6 Å². The number of anilines is 1. The summed E-state index contributed by atoms with van der Waals surface area (Å²) in [6, 6.07) is 20.3. The van der Waals surface area contributed by atoms with Gasteiger partial charge in [0, 0.05) is 24.2 Å². The first-order valence-corrected chi connectivity index (χ1v) is 12.2. The van der Waals surface area contributed by atoms with E-state index in [0.717, 1.165) is 39.3 Å². The minimum absolute atomic E-state index is 0.314. The van der Waals surface area contributed by atoms with Gasteiger partial charge in [0.15, 0.2) is 11.5 Å². The molecule has 0 spiro atoms. The first-order valence-electron chi connectivity index (χ1n) is 12.2. The number of imidazole rings is 1. The highest BCUT2D eigenvalue weighted by molar-refractivity contribution is 5.84. The molecule has 0 bridgehead atoms. The highest BCUT2D eigenvalue weighted by Crippen LogP contribution is 2.26. The second-order valence-corrected chi connectivity index (χ2v) is 8.84. The van der Waals surface area contributed by atoms with E-state index in [1.807, 2.05) is 53.1 Å². The van der Waals surface area contributed by atoms with Crippen molar-refractivity contribution in [2.75, 3.05) is 19.0 Å². The molecule has 0 fully saturated rings. The van der Waals surface area contributed by atoms with E-state index in [0.29, 0.717) is 36.4 Å².